The highest BCUT2D eigenvalue weighted by Crippen LogP contribution is 2.37. The maximum absolute atomic E-state index is 12.7. The second kappa shape index (κ2) is 8.78. The summed E-state index contributed by atoms with van der Waals surface area (Å²) >= 11 is 13.3. The van der Waals surface area contributed by atoms with E-state index in [0.29, 0.717) is 21.2 Å². The summed E-state index contributed by atoms with van der Waals surface area (Å²) in [6.45, 7) is 3.96. The highest BCUT2D eigenvalue weighted by atomic mass is 35.5. The maximum atomic E-state index is 12.7. The van der Waals surface area contributed by atoms with E-state index in [1.807, 2.05) is 36.6 Å². The first-order valence-electron chi connectivity index (χ1n) is 8.52. The molecule has 28 heavy (non-hydrogen) atoms. The van der Waals surface area contributed by atoms with Gasteiger partial charge in [-0.25, -0.2) is 4.79 Å². The van der Waals surface area contributed by atoms with Gasteiger partial charge in [-0.3, -0.25) is 4.79 Å². The van der Waals surface area contributed by atoms with Crippen molar-refractivity contribution in [2.75, 3.05) is 11.9 Å². The molecule has 0 bridgehead atoms. The fourth-order valence-electron chi connectivity index (χ4n) is 2.64. The van der Waals surface area contributed by atoms with Gasteiger partial charge in [0.2, 0.25) is 0 Å². The number of aryl methyl sites for hydroxylation is 1. The lowest BCUT2D eigenvalue weighted by Crippen LogP contribution is -2.15. The smallest absolute Gasteiger partial charge is 0.341 e. The molecule has 144 valence electrons. The van der Waals surface area contributed by atoms with Crippen LogP contribution in [-0.2, 0) is 4.74 Å². The Hall–Kier alpha value is -2.34. The van der Waals surface area contributed by atoms with Gasteiger partial charge in [-0.2, -0.15) is 0 Å². The molecule has 1 amide bonds. The van der Waals surface area contributed by atoms with E-state index in [-0.39, 0.29) is 17.2 Å². The number of thiophene rings is 1. The van der Waals surface area contributed by atoms with Gasteiger partial charge in [-0.05, 0) is 37.6 Å². The van der Waals surface area contributed by atoms with Crippen molar-refractivity contribution in [3.63, 3.8) is 0 Å². The number of ether oxygens (including phenoxy) is 1. The van der Waals surface area contributed by atoms with Crippen LogP contribution in [0.5, 0.6) is 0 Å². The Morgan fingerprint density at radius 3 is 2.50 bits per heavy atom. The zero-order valence-corrected chi connectivity index (χ0v) is 17.5. The molecule has 0 spiro atoms. The Bertz CT molecular complexity index is 1030. The highest BCUT2D eigenvalue weighted by molar-refractivity contribution is 7.15. The van der Waals surface area contributed by atoms with E-state index in [9.17, 15) is 9.59 Å². The molecule has 0 unspecified atom stereocenters. The lowest BCUT2D eigenvalue weighted by Gasteiger charge is -2.10. The molecular weight excluding hydrogens is 417 g/mol. The molecule has 0 atom stereocenters. The van der Waals surface area contributed by atoms with Crippen molar-refractivity contribution in [3.05, 3.63) is 74.6 Å². The van der Waals surface area contributed by atoms with Gasteiger partial charge >= 0.3 is 5.97 Å². The summed E-state index contributed by atoms with van der Waals surface area (Å²) in [5, 5.41) is 5.66. The van der Waals surface area contributed by atoms with E-state index in [2.05, 4.69) is 5.32 Å². The molecule has 0 saturated carbocycles. The van der Waals surface area contributed by atoms with Gasteiger partial charge < -0.3 is 10.1 Å². The number of benzene rings is 2. The molecule has 0 aliphatic heterocycles. The molecule has 0 aliphatic rings. The van der Waals surface area contributed by atoms with Crippen molar-refractivity contribution < 1.29 is 14.3 Å². The summed E-state index contributed by atoms with van der Waals surface area (Å²) in [5.74, 6) is -0.942. The summed E-state index contributed by atoms with van der Waals surface area (Å²) in [6, 6.07) is 12.4. The van der Waals surface area contributed by atoms with Crippen molar-refractivity contribution in [2.45, 2.75) is 13.8 Å². The van der Waals surface area contributed by atoms with E-state index < -0.39 is 11.9 Å². The molecule has 1 aromatic heterocycles. The number of hydrogen-bond acceptors (Lipinski definition) is 4. The minimum absolute atomic E-state index is 0.231. The fourth-order valence-corrected chi connectivity index (χ4v) is 3.97. The van der Waals surface area contributed by atoms with Gasteiger partial charge in [0.25, 0.3) is 5.91 Å². The zero-order valence-electron chi connectivity index (χ0n) is 15.2. The Kier molecular flexibility index (Phi) is 6.39. The highest BCUT2D eigenvalue weighted by Gasteiger charge is 2.23. The number of carbonyl (C=O) groups excluding carboxylic acids is 2. The van der Waals surface area contributed by atoms with Crippen LogP contribution in [-0.4, -0.2) is 18.5 Å². The molecule has 3 rings (SSSR count). The maximum Gasteiger partial charge on any atom is 0.341 e. The first kappa shape index (κ1) is 20.4. The lowest BCUT2D eigenvalue weighted by atomic mass is 10.0. The first-order chi connectivity index (χ1) is 13.4. The molecule has 2 aromatic carbocycles. The van der Waals surface area contributed by atoms with Crippen LogP contribution in [0, 0.1) is 6.92 Å². The normalized spacial score (nSPS) is 10.6. The van der Waals surface area contributed by atoms with Crippen LogP contribution in [0.3, 0.4) is 0 Å². The standard InChI is InChI=1S/C21H17Cl2NO3S/c1-3-27-21(26)18-16(13-6-4-12(2)5-7-13)11-28-20(18)24-19(25)15-10-14(22)8-9-17(15)23/h4-11H,3H2,1-2H3,(H,24,25). The number of nitrogens with one attached hydrogen (secondary N) is 1. The summed E-state index contributed by atoms with van der Waals surface area (Å²) in [6.07, 6.45) is 0. The van der Waals surface area contributed by atoms with E-state index in [1.54, 1.807) is 19.1 Å². The van der Waals surface area contributed by atoms with Crippen molar-refractivity contribution >= 4 is 51.4 Å². The van der Waals surface area contributed by atoms with Crippen LogP contribution in [0.15, 0.2) is 47.8 Å². The second-order valence-corrected chi connectivity index (χ2v) is 7.74. The van der Waals surface area contributed by atoms with E-state index in [0.717, 1.165) is 11.1 Å². The SMILES string of the molecule is CCOC(=O)c1c(-c2ccc(C)cc2)csc1NC(=O)c1cc(Cl)ccc1Cl. The van der Waals surface area contributed by atoms with E-state index in [4.69, 9.17) is 27.9 Å². The minimum Gasteiger partial charge on any atom is -0.462 e. The number of rotatable bonds is 5. The van der Waals surface area contributed by atoms with Crippen molar-refractivity contribution in [2.24, 2.45) is 0 Å². The van der Waals surface area contributed by atoms with Crippen LogP contribution in [0.25, 0.3) is 11.1 Å². The van der Waals surface area contributed by atoms with Crippen LogP contribution in [0.1, 0.15) is 33.2 Å². The minimum atomic E-state index is -0.494. The molecular formula is C21H17Cl2NO3S. The van der Waals surface area contributed by atoms with Crippen LogP contribution in [0.2, 0.25) is 10.0 Å². The Balaban J connectivity index is 2.01. The van der Waals surface area contributed by atoms with Gasteiger partial charge in [0.05, 0.1) is 17.2 Å². The number of esters is 1. The van der Waals surface area contributed by atoms with E-state index in [1.165, 1.54) is 17.4 Å². The molecule has 4 nitrogen and oxygen atoms in total. The average molecular weight is 434 g/mol. The van der Waals surface area contributed by atoms with Crippen LogP contribution in [0.4, 0.5) is 5.00 Å². The summed E-state index contributed by atoms with van der Waals surface area (Å²) < 4.78 is 5.21. The summed E-state index contributed by atoms with van der Waals surface area (Å²) in [5.41, 5.74) is 3.24. The zero-order chi connectivity index (χ0) is 20.3. The molecule has 1 heterocycles. The predicted molar refractivity (Wildman–Crippen MR) is 115 cm³/mol. The molecule has 0 saturated heterocycles. The molecule has 0 fully saturated rings. The number of anilines is 1. The van der Waals surface area contributed by atoms with Gasteiger partial charge in [0, 0.05) is 16.0 Å². The predicted octanol–water partition coefficient (Wildman–Crippen LogP) is 6.46. The van der Waals surface area contributed by atoms with Crippen molar-refractivity contribution in [1.29, 1.82) is 0 Å². The third-order valence-electron chi connectivity index (χ3n) is 4.03. The van der Waals surface area contributed by atoms with E-state index >= 15 is 0 Å². The largest absolute Gasteiger partial charge is 0.462 e. The molecule has 3 aromatic rings. The monoisotopic (exact) mass is 433 g/mol. The Morgan fingerprint density at radius 1 is 1.11 bits per heavy atom. The number of carbonyl (C=O) groups is 2. The van der Waals surface area contributed by atoms with Crippen molar-refractivity contribution in [3.8, 4) is 11.1 Å². The quantitative estimate of drug-likeness (QED) is 0.469. The lowest BCUT2D eigenvalue weighted by molar-refractivity contribution is 0.0529. The number of amides is 1. The number of hydrogen-bond donors (Lipinski definition) is 1. The van der Waals surface area contributed by atoms with Gasteiger partial charge in [0.15, 0.2) is 0 Å². The van der Waals surface area contributed by atoms with Gasteiger partial charge in [-0.15, -0.1) is 11.3 Å². The van der Waals surface area contributed by atoms with Crippen molar-refractivity contribution in [1.82, 2.24) is 0 Å². The van der Waals surface area contributed by atoms with Gasteiger partial charge in [0.1, 0.15) is 10.6 Å². The van der Waals surface area contributed by atoms with Crippen LogP contribution < -0.4 is 5.32 Å². The van der Waals surface area contributed by atoms with Crippen LogP contribution >= 0.6 is 34.5 Å². The third kappa shape index (κ3) is 4.38. The Labute approximate surface area is 177 Å². The first-order valence-corrected chi connectivity index (χ1v) is 10.2. The summed E-state index contributed by atoms with van der Waals surface area (Å²) in [4.78, 5) is 25.3. The molecule has 0 radical (unpaired) electrons. The average Bonchev–Trinajstić information content (AvgIpc) is 3.08. The molecule has 0 aliphatic carbocycles. The number of halogens is 2. The molecule has 7 heteroatoms. The topological polar surface area (TPSA) is 55.4 Å². The van der Waals surface area contributed by atoms with Gasteiger partial charge in [-0.1, -0.05) is 53.0 Å². The fraction of sp³-hybridized carbons (Fsp3) is 0.143. The third-order valence-corrected chi connectivity index (χ3v) is 5.49. The second-order valence-electron chi connectivity index (χ2n) is 6.02. The Morgan fingerprint density at radius 2 is 1.82 bits per heavy atom. The molecule has 1 N–H and O–H groups in total. The summed E-state index contributed by atoms with van der Waals surface area (Å²) in [7, 11) is 0.